The van der Waals surface area contributed by atoms with E-state index in [4.69, 9.17) is 17.3 Å². The fourth-order valence-electron chi connectivity index (χ4n) is 1.83. The SMILES string of the molecule is CN(C)CCN(C)C(CN)c1cc(Cl)ccc1F. The third-order valence-electron chi connectivity index (χ3n) is 2.97. The van der Waals surface area contributed by atoms with Gasteiger partial charge < -0.3 is 10.6 Å². The van der Waals surface area contributed by atoms with Crippen molar-refractivity contribution in [3.05, 3.63) is 34.6 Å². The van der Waals surface area contributed by atoms with Gasteiger partial charge in [0.05, 0.1) is 0 Å². The highest BCUT2D eigenvalue weighted by atomic mass is 35.5. The zero-order valence-electron chi connectivity index (χ0n) is 11.2. The molecule has 1 aromatic carbocycles. The molecule has 2 N–H and O–H groups in total. The lowest BCUT2D eigenvalue weighted by Gasteiger charge is -2.28. The molecule has 1 rings (SSSR count). The van der Waals surface area contributed by atoms with Gasteiger partial charge in [0.25, 0.3) is 0 Å². The van der Waals surface area contributed by atoms with Crippen molar-refractivity contribution >= 4 is 11.6 Å². The fourth-order valence-corrected chi connectivity index (χ4v) is 2.01. The van der Waals surface area contributed by atoms with Gasteiger partial charge in [-0.05, 0) is 39.3 Å². The van der Waals surface area contributed by atoms with E-state index >= 15 is 0 Å². The molecule has 3 nitrogen and oxygen atoms in total. The summed E-state index contributed by atoms with van der Waals surface area (Å²) in [5.74, 6) is -0.258. The molecule has 102 valence electrons. The normalized spacial score (nSPS) is 13.3. The van der Waals surface area contributed by atoms with Crippen molar-refractivity contribution in [2.75, 3.05) is 40.8 Å². The van der Waals surface area contributed by atoms with Crippen LogP contribution in [0, 0.1) is 5.82 Å². The summed E-state index contributed by atoms with van der Waals surface area (Å²) in [7, 11) is 5.96. The summed E-state index contributed by atoms with van der Waals surface area (Å²) in [6.07, 6.45) is 0. The van der Waals surface area contributed by atoms with Gasteiger partial charge in [0, 0.05) is 36.3 Å². The van der Waals surface area contributed by atoms with Crippen LogP contribution >= 0.6 is 11.6 Å². The van der Waals surface area contributed by atoms with E-state index in [-0.39, 0.29) is 11.9 Å². The van der Waals surface area contributed by atoms with Gasteiger partial charge in [-0.25, -0.2) is 4.39 Å². The van der Waals surface area contributed by atoms with Gasteiger partial charge in [0.15, 0.2) is 0 Å². The summed E-state index contributed by atoms with van der Waals surface area (Å²) in [5.41, 5.74) is 6.33. The molecule has 0 amide bonds. The van der Waals surface area contributed by atoms with E-state index in [1.165, 1.54) is 6.07 Å². The molecule has 18 heavy (non-hydrogen) atoms. The molecule has 0 fully saturated rings. The predicted molar refractivity (Wildman–Crippen MR) is 74.4 cm³/mol. The highest BCUT2D eigenvalue weighted by molar-refractivity contribution is 6.30. The lowest BCUT2D eigenvalue weighted by Crippen LogP contribution is -2.35. The van der Waals surface area contributed by atoms with Crippen molar-refractivity contribution in [3.8, 4) is 0 Å². The second-order valence-corrected chi connectivity index (χ2v) is 5.14. The monoisotopic (exact) mass is 273 g/mol. The largest absolute Gasteiger partial charge is 0.329 e. The van der Waals surface area contributed by atoms with E-state index in [0.29, 0.717) is 17.1 Å². The van der Waals surface area contributed by atoms with Crippen molar-refractivity contribution in [1.82, 2.24) is 9.80 Å². The Labute approximate surface area is 113 Å². The summed E-state index contributed by atoms with van der Waals surface area (Å²) in [6, 6.07) is 4.44. The minimum atomic E-state index is -0.258. The Bertz CT molecular complexity index is 384. The van der Waals surface area contributed by atoms with Crippen molar-refractivity contribution in [3.63, 3.8) is 0 Å². The molecule has 5 heteroatoms. The van der Waals surface area contributed by atoms with Gasteiger partial charge in [-0.2, -0.15) is 0 Å². The van der Waals surface area contributed by atoms with Crippen LogP contribution < -0.4 is 5.73 Å². The Kier molecular flexibility index (Phi) is 6.02. The van der Waals surface area contributed by atoms with Crippen LogP contribution in [0.5, 0.6) is 0 Å². The average molecular weight is 274 g/mol. The molecule has 0 aromatic heterocycles. The first-order valence-electron chi connectivity index (χ1n) is 5.95. The summed E-state index contributed by atoms with van der Waals surface area (Å²) >= 11 is 5.92. The van der Waals surface area contributed by atoms with E-state index < -0.39 is 0 Å². The van der Waals surface area contributed by atoms with Crippen molar-refractivity contribution in [2.24, 2.45) is 5.73 Å². The molecule has 1 aromatic rings. The first-order chi connectivity index (χ1) is 8.45. The van der Waals surface area contributed by atoms with Crippen LogP contribution in [-0.4, -0.2) is 50.6 Å². The second kappa shape index (κ2) is 7.04. The van der Waals surface area contributed by atoms with E-state index in [0.717, 1.165) is 13.1 Å². The third-order valence-corrected chi connectivity index (χ3v) is 3.21. The molecule has 1 unspecified atom stereocenters. The Morgan fingerprint density at radius 3 is 2.50 bits per heavy atom. The molecule has 0 aliphatic rings. The zero-order chi connectivity index (χ0) is 13.7. The van der Waals surface area contributed by atoms with Crippen LogP contribution in [0.1, 0.15) is 11.6 Å². The van der Waals surface area contributed by atoms with Crippen molar-refractivity contribution in [1.29, 1.82) is 0 Å². The zero-order valence-corrected chi connectivity index (χ0v) is 11.9. The van der Waals surface area contributed by atoms with Crippen LogP contribution in [0.15, 0.2) is 18.2 Å². The maximum atomic E-state index is 13.8. The maximum absolute atomic E-state index is 13.8. The number of hydrogen-bond acceptors (Lipinski definition) is 3. The first-order valence-corrected chi connectivity index (χ1v) is 6.33. The van der Waals surface area contributed by atoms with Crippen LogP contribution in [0.25, 0.3) is 0 Å². The number of nitrogens with two attached hydrogens (primary N) is 1. The van der Waals surface area contributed by atoms with Crippen LogP contribution in [0.4, 0.5) is 4.39 Å². The van der Waals surface area contributed by atoms with Crippen molar-refractivity contribution in [2.45, 2.75) is 6.04 Å². The van der Waals surface area contributed by atoms with Crippen LogP contribution in [0.2, 0.25) is 5.02 Å². The van der Waals surface area contributed by atoms with Gasteiger partial charge in [0.2, 0.25) is 0 Å². The van der Waals surface area contributed by atoms with Gasteiger partial charge >= 0.3 is 0 Å². The van der Waals surface area contributed by atoms with Gasteiger partial charge in [-0.1, -0.05) is 11.6 Å². The molecule has 0 radical (unpaired) electrons. The molecule has 0 saturated heterocycles. The number of halogens is 2. The summed E-state index contributed by atoms with van der Waals surface area (Å²) in [5, 5.41) is 0.533. The van der Waals surface area contributed by atoms with E-state index in [1.54, 1.807) is 12.1 Å². The maximum Gasteiger partial charge on any atom is 0.128 e. The quantitative estimate of drug-likeness (QED) is 0.860. The predicted octanol–water partition coefficient (Wildman–Crippen LogP) is 1.97. The van der Waals surface area contributed by atoms with Gasteiger partial charge in [0.1, 0.15) is 5.82 Å². The minimum Gasteiger partial charge on any atom is -0.329 e. The molecule has 0 aliphatic carbocycles. The average Bonchev–Trinajstić information content (AvgIpc) is 2.32. The number of nitrogens with zero attached hydrogens (tertiary/aromatic N) is 2. The van der Waals surface area contributed by atoms with Crippen LogP contribution in [-0.2, 0) is 0 Å². The Hall–Kier alpha value is -0.680. The first kappa shape index (κ1) is 15.4. The highest BCUT2D eigenvalue weighted by Gasteiger charge is 2.19. The Morgan fingerprint density at radius 2 is 1.94 bits per heavy atom. The minimum absolute atomic E-state index is 0.149. The number of likely N-dealkylation sites (N-methyl/N-ethyl adjacent to an activating group) is 2. The number of rotatable bonds is 6. The van der Waals surface area contributed by atoms with Gasteiger partial charge in [-0.3, -0.25) is 4.90 Å². The standard InChI is InChI=1S/C13H21ClFN3/c1-17(2)6-7-18(3)13(9-16)11-8-10(14)4-5-12(11)15/h4-5,8,13H,6-7,9,16H2,1-3H3. The molecule has 1 atom stereocenters. The molecule has 0 aliphatic heterocycles. The lowest BCUT2D eigenvalue weighted by molar-refractivity contribution is 0.219. The molecule has 0 bridgehead atoms. The van der Waals surface area contributed by atoms with E-state index in [1.807, 2.05) is 21.1 Å². The number of hydrogen-bond donors (Lipinski definition) is 1. The molecular formula is C13H21ClFN3. The molecule has 0 spiro atoms. The topological polar surface area (TPSA) is 32.5 Å². The number of benzene rings is 1. The summed E-state index contributed by atoms with van der Waals surface area (Å²) < 4.78 is 13.8. The van der Waals surface area contributed by atoms with Crippen molar-refractivity contribution < 1.29 is 4.39 Å². The third kappa shape index (κ3) is 4.21. The Balaban J connectivity index is 2.84. The smallest absolute Gasteiger partial charge is 0.128 e. The molecular weight excluding hydrogens is 253 g/mol. The summed E-state index contributed by atoms with van der Waals surface area (Å²) in [6.45, 7) is 2.08. The van der Waals surface area contributed by atoms with Crippen LogP contribution in [0.3, 0.4) is 0 Å². The van der Waals surface area contributed by atoms with E-state index in [9.17, 15) is 4.39 Å². The summed E-state index contributed by atoms with van der Waals surface area (Å²) in [4.78, 5) is 4.13. The molecule has 0 heterocycles. The van der Waals surface area contributed by atoms with E-state index in [2.05, 4.69) is 9.80 Å². The Morgan fingerprint density at radius 1 is 1.28 bits per heavy atom. The highest BCUT2D eigenvalue weighted by Crippen LogP contribution is 2.24. The second-order valence-electron chi connectivity index (χ2n) is 4.70. The molecule has 0 saturated carbocycles. The van der Waals surface area contributed by atoms with Gasteiger partial charge in [-0.15, -0.1) is 0 Å². The lowest BCUT2D eigenvalue weighted by atomic mass is 10.1. The fraction of sp³-hybridized carbons (Fsp3) is 0.538.